The molecule has 1 aromatic heterocycles. The number of anilines is 2. The van der Waals surface area contributed by atoms with Crippen LogP contribution in [0.2, 0.25) is 0 Å². The lowest BCUT2D eigenvalue weighted by Gasteiger charge is -2.34. The Balaban J connectivity index is 1.62. The molecule has 1 aliphatic heterocycles. The zero-order valence-corrected chi connectivity index (χ0v) is 17.1. The fourth-order valence-electron chi connectivity index (χ4n) is 3.26. The Morgan fingerprint density at radius 1 is 1.07 bits per heavy atom. The molecule has 154 valence electrons. The van der Waals surface area contributed by atoms with Crippen LogP contribution in [-0.4, -0.2) is 40.7 Å². The quantitative estimate of drug-likeness (QED) is 0.778. The van der Waals surface area contributed by atoms with Crippen LogP contribution in [0, 0.1) is 0 Å². The van der Waals surface area contributed by atoms with Gasteiger partial charge in [0.05, 0.1) is 0 Å². The number of urea groups is 1. The monoisotopic (exact) mass is 396 g/mol. The molecule has 1 fully saturated rings. The zero-order chi connectivity index (χ0) is 20.9. The number of carbonyl (C=O) groups is 2. The SMILES string of the molecule is CC(C)(C)OC(=O)N1CCCC(c2cccc(NC(=O)Nc3ccccc3)n2)C1. The maximum absolute atomic E-state index is 12.4. The largest absolute Gasteiger partial charge is 0.444 e. The molecular formula is C22H28N4O3. The van der Waals surface area contributed by atoms with E-state index in [1.54, 1.807) is 11.0 Å². The van der Waals surface area contributed by atoms with Crippen LogP contribution in [0.1, 0.15) is 45.2 Å². The molecule has 0 saturated carbocycles. The van der Waals surface area contributed by atoms with Crippen molar-refractivity contribution in [1.29, 1.82) is 0 Å². The summed E-state index contributed by atoms with van der Waals surface area (Å²) in [5.74, 6) is 0.584. The lowest BCUT2D eigenvalue weighted by Crippen LogP contribution is -2.42. The molecule has 7 heteroatoms. The number of carbonyl (C=O) groups excluding carboxylic acids is 2. The molecule has 29 heavy (non-hydrogen) atoms. The maximum Gasteiger partial charge on any atom is 0.410 e. The third kappa shape index (κ3) is 6.20. The molecule has 0 bridgehead atoms. The Kier molecular flexibility index (Phi) is 6.36. The van der Waals surface area contributed by atoms with Crippen LogP contribution >= 0.6 is 0 Å². The highest BCUT2D eigenvalue weighted by Crippen LogP contribution is 2.27. The summed E-state index contributed by atoms with van der Waals surface area (Å²) < 4.78 is 5.50. The number of para-hydroxylation sites is 1. The van der Waals surface area contributed by atoms with Gasteiger partial charge in [0.1, 0.15) is 11.4 Å². The van der Waals surface area contributed by atoms with Crippen LogP contribution in [0.4, 0.5) is 21.1 Å². The molecule has 1 unspecified atom stereocenters. The summed E-state index contributed by atoms with van der Waals surface area (Å²) in [6.45, 7) is 6.83. The molecule has 7 nitrogen and oxygen atoms in total. The minimum absolute atomic E-state index is 0.107. The average molecular weight is 396 g/mol. The van der Waals surface area contributed by atoms with E-state index in [9.17, 15) is 9.59 Å². The number of pyridine rings is 1. The van der Waals surface area contributed by atoms with Crippen molar-refractivity contribution in [3.63, 3.8) is 0 Å². The number of hydrogen-bond acceptors (Lipinski definition) is 4. The Morgan fingerprint density at radius 3 is 2.55 bits per heavy atom. The summed E-state index contributed by atoms with van der Waals surface area (Å²) in [5.41, 5.74) is 1.05. The first kappa shape index (κ1) is 20.6. The molecule has 2 N–H and O–H groups in total. The van der Waals surface area contributed by atoms with Gasteiger partial charge in [-0.15, -0.1) is 0 Å². The van der Waals surface area contributed by atoms with Crippen LogP contribution in [0.3, 0.4) is 0 Å². The number of ether oxygens (including phenoxy) is 1. The number of benzene rings is 1. The van der Waals surface area contributed by atoms with Crippen molar-refractivity contribution in [2.75, 3.05) is 23.7 Å². The lowest BCUT2D eigenvalue weighted by molar-refractivity contribution is 0.0197. The van der Waals surface area contributed by atoms with E-state index in [0.29, 0.717) is 24.6 Å². The second-order valence-electron chi connectivity index (χ2n) is 8.16. The number of hydrogen-bond donors (Lipinski definition) is 2. The Bertz CT molecular complexity index is 849. The molecular weight excluding hydrogens is 368 g/mol. The first-order valence-electron chi connectivity index (χ1n) is 9.88. The van der Waals surface area contributed by atoms with Gasteiger partial charge in [-0.2, -0.15) is 0 Å². The second kappa shape index (κ2) is 8.94. The van der Waals surface area contributed by atoms with Gasteiger partial charge in [-0.3, -0.25) is 5.32 Å². The van der Waals surface area contributed by atoms with Gasteiger partial charge in [0.15, 0.2) is 0 Å². The molecule has 1 aromatic carbocycles. The predicted molar refractivity (Wildman–Crippen MR) is 113 cm³/mol. The summed E-state index contributed by atoms with van der Waals surface area (Å²) in [4.78, 5) is 30.9. The summed E-state index contributed by atoms with van der Waals surface area (Å²) in [6, 6.07) is 14.4. The highest BCUT2D eigenvalue weighted by molar-refractivity contribution is 5.99. The van der Waals surface area contributed by atoms with Crippen molar-refractivity contribution in [3.05, 3.63) is 54.2 Å². The van der Waals surface area contributed by atoms with Crippen LogP contribution in [0.5, 0.6) is 0 Å². The summed E-state index contributed by atoms with van der Waals surface area (Å²) in [7, 11) is 0. The Labute approximate surface area is 171 Å². The number of amides is 3. The Hall–Kier alpha value is -3.09. The van der Waals surface area contributed by atoms with E-state index < -0.39 is 5.60 Å². The van der Waals surface area contributed by atoms with E-state index in [2.05, 4.69) is 15.6 Å². The smallest absolute Gasteiger partial charge is 0.410 e. The molecule has 2 aromatic rings. The fraction of sp³-hybridized carbons (Fsp3) is 0.409. The molecule has 3 rings (SSSR count). The normalized spacial score (nSPS) is 16.8. The van der Waals surface area contributed by atoms with Crippen molar-refractivity contribution in [2.45, 2.75) is 45.1 Å². The maximum atomic E-state index is 12.4. The molecule has 0 radical (unpaired) electrons. The molecule has 1 atom stereocenters. The zero-order valence-electron chi connectivity index (χ0n) is 17.1. The van der Waals surface area contributed by atoms with Crippen molar-refractivity contribution < 1.29 is 14.3 Å². The van der Waals surface area contributed by atoms with Gasteiger partial charge in [-0.05, 0) is 57.9 Å². The lowest BCUT2D eigenvalue weighted by atomic mass is 9.94. The summed E-state index contributed by atoms with van der Waals surface area (Å²) >= 11 is 0. The van der Waals surface area contributed by atoms with Crippen molar-refractivity contribution in [3.8, 4) is 0 Å². The molecule has 2 heterocycles. The summed E-state index contributed by atoms with van der Waals surface area (Å²) in [6.07, 6.45) is 1.53. The van der Waals surface area contributed by atoms with E-state index >= 15 is 0 Å². The van der Waals surface area contributed by atoms with E-state index in [1.165, 1.54) is 0 Å². The van der Waals surface area contributed by atoms with E-state index in [0.717, 1.165) is 18.5 Å². The third-order valence-corrected chi connectivity index (χ3v) is 4.54. The van der Waals surface area contributed by atoms with Gasteiger partial charge in [0, 0.05) is 30.4 Å². The Morgan fingerprint density at radius 2 is 1.83 bits per heavy atom. The number of nitrogens with zero attached hydrogens (tertiary/aromatic N) is 2. The number of aromatic nitrogens is 1. The second-order valence-corrected chi connectivity index (χ2v) is 8.16. The van der Waals surface area contributed by atoms with Gasteiger partial charge in [-0.25, -0.2) is 14.6 Å². The van der Waals surface area contributed by atoms with Gasteiger partial charge >= 0.3 is 12.1 Å². The fourth-order valence-corrected chi connectivity index (χ4v) is 3.26. The highest BCUT2D eigenvalue weighted by Gasteiger charge is 2.29. The first-order valence-corrected chi connectivity index (χ1v) is 9.88. The van der Waals surface area contributed by atoms with E-state index in [4.69, 9.17) is 4.74 Å². The van der Waals surface area contributed by atoms with E-state index in [1.807, 2.05) is 63.2 Å². The topological polar surface area (TPSA) is 83.6 Å². The van der Waals surface area contributed by atoms with Crippen molar-refractivity contribution >= 4 is 23.6 Å². The van der Waals surface area contributed by atoms with Gasteiger partial charge < -0.3 is 15.0 Å². The van der Waals surface area contributed by atoms with Gasteiger partial charge in [0.2, 0.25) is 0 Å². The number of rotatable bonds is 3. The molecule has 1 aliphatic rings. The van der Waals surface area contributed by atoms with Gasteiger partial charge in [0.25, 0.3) is 0 Å². The average Bonchev–Trinajstić information content (AvgIpc) is 2.68. The van der Waals surface area contributed by atoms with Crippen LogP contribution in [-0.2, 0) is 4.74 Å². The number of nitrogens with one attached hydrogen (secondary N) is 2. The standard InChI is InChI=1S/C22H28N4O3/c1-22(2,3)29-21(28)26-14-8-9-16(15-26)18-12-7-13-19(24-18)25-20(27)23-17-10-5-4-6-11-17/h4-7,10-13,16H,8-9,14-15H2,1-3H3,(H2,23,24,25,27). The van der Waals surface area contributed by atoms with Crippen LogP contribution in [0.25, 0.3) is 0 Å². The van der Waals surface area contributed by atoms with Gasteiger partial charge in [-0.1, -0.05) is 24.3 Å². The number of likely N-dealkylation sites (tertiary alicyclic amines) is 1. The predicted octanol–water partition coefficient (Wildman–Crippen LogP) is 4.84. The third-order valence-electron chi connectivity index (χ3n) is 4.54. The van der Waals surface area contributed by atoms with Crippen molar-refractivity contribution in [2.24, 2.45) is 0 Å². The number of piperidine rings is 1. The van der Waals surface area contributed by atoms with E-state index in [-0.39, 0.29) is 18.0 Å². The summed E-state index contributed by atoms with van der Waals surface area (Å²) in [5, 5.41) is 5.54. The molecule has 0 spiro atoms. The minimum Gasteiger partial charge on any atom is -0.444 e. The minimum atomic E-state index is -0.516. The molecule has 0 aliphatic carbocycles. The van der Waals surface area contributed by atoms with Crippen LogP contribution in [0.15, 0.2) is 48.5 Å². The molecule has 1 saturated heterocycles. The highest BCUT2D eigenvalue weighted by atomic mass is 16.6. The van der Waals surface area contributed by atoms with Crippen LogP contribution < -0.4 is 10.6 Å². The first-order chi connectivity index (χ1) is 13.8. The molecule has 3 amide bonds. The van der Waals surface area contributed by atoms with Crippen molar-refractivity contribution in [1.82, 2.24) is 9.88 Å².